The van der Waals surface area contributed by atoms with Crippen molar-refractivity contribution in [1.82, 2.24) is 9.38 Å². The molecule has 74 valence electrons. The molecule has 0 aliphatic heterocycles. The van der Waals surface area contributed by atoms with E-state index in [4.69, 9.17) is 22.3 Å². The van der Waals surface area contributed by atoms with Crippen molar-refractivity contribution in [2.45, 2.75) is 5.03 Å². The van der Waals surface area contributed by atoms with E-state index in [1.807, 2.05) is 0 Å². The first kappa shape index (κ1) is 9.76. The predicted octanol–water partition coefficient (Wildman–Crippen LogP) is 1.92. The van der Waals surface area contributed by atoms with Gasteiger partial charge in [0.1, 0.15) is 5.65 Å². The molecular weight excluding hydrogens is 248 g/mol. The van der Waals surface area contributed by atoms with Gasteiger partial charge in [0.2, 0.25) is 0 Å². The third-order valence-corrected chi connectivity index (χ3v) is 3.34. The lowest BCUT2D eigenvalue weighted by Crippen LogP contribution is -1.96. The van der Waals surface area contributed by atoms with Gasteiger partial charge in [-0.1, -0.05) is 17.7 Å². The van der Waals surface area contributed by atoms with Crippen molar-refractivity contribution in [2.24, 2.45) is 0 Å². The first-order chi connectivity index (χ1) is 6.50. The topological polar surface area (TPSA) is 51.4 Å². The molecule has 0 saturated heterocycles. The SMILES string of the molecule is O=S(=O)(Cl)[13c]1c(Cl)nc2ccccn21. The fourth-order valence-corrected chi connectivity index (χ4v) is 2.84. The first-order valence-corrected chi connectivity index (χ1v) is 6.26. The van der Waals surface area contributed by atoms with E-state index in [-0.39, 0.29) is 10.2 Å². The summed E-state index contributed by atoms with van der Waals surface area (Å²) in [6.45, 7) is 0. The van der Waals surface area contributed by atoms with Gasteiger partial charge in [-0.3, -0.25) is 4.40 Å². The molecular formula is C7H4Cl2N2O2S. The standard InChI is InChI=1S/C7H4Cl2N2O2S/c8-6-7(14(9,12)13)11-4-2-1-3-5(11)10-6/h1-4H/i7+1. The fraction of sp³-hybridized carbons (Fsp3) is 0. The van der Waals surface area contributed by atoms with Crippen molar-refractivity contribution in [3.63, 3.8) is 0 Å². The molecule has 2 heterocycles. The van der Waals surface area contributed by atoms with Gasteiger partial charge in [0.05, 0.1) is 0 Å². The second-order valence-corrected chi connectivity index (χ2v) is 5.41. The molecule has 0 aliphatic carbocycles. The quantitative estimate of drug-likeness (QED) is 0.728. The Hall–Kier alpha value is -0.780. The third kappa shape index (κ3) is 1.47. The molecule has 14 heavy (non-hydrogen) atoms. The molecule has 0 aliphatic rings. The van der Waals surface area contributed by atoms with Crippen molar-refractivity contribution < 1.29 is 8.42 Å². The van der Waals surface area contributed by atoms with Crippen LogP contribution in [-0.4, -0.2) is 17.8 Å². The highest BCUT2D eigenvalue weighted by Gasteiger charge is 2.21. The lowest BCUT2D eigenvalue weighted by atomic mass is 10.5. The maximum atomic E-state index is 11.1. The molecule has 7 heteroatoms. The van der Waals surface area contributed by atoms with Crippen molar-refractivity contribution in [3.05, 3.63) is 29.5 Å². The van der Waals surface area contributed by atoms with Gasteiger partial charge in [0.15, 0.2) is 10.2 Å². The lowest BCUT2D eigenvalue weighted by Gasteiger charge is -1.95. The van der Waals surface area contributed by atoms with E-state index in [1.54, 1.807) is 18.2 Å². The van der Waals surface area contributed by atoms with Crippen LogP contribution in [0.15, 0.2) is 29.4 Å². The van der Waals surface area contributed by atoms with Crippen LogP contribution in [0.2, 0.25) is 5.15 Å². The summed E-state index contributed by atoms with van der Waals surface area (Å²) in [5.74, 6) is 0. The van der Waals surface area contributed by atoms with Gasteiger partial charge >= 0.3 is 0 Å². The molecule has 0 bridgehead atoms. The molecule has 0 unspecified atom stereocenters. The number of pyridine rings is 1. The highest BCUT2D eigenvalue weighted by atomic mass is 35.7. The monoisotopic (exact) mass is 251 g/mol. The van der Waals surface area contributed by atoms with Crippen LogP contribution < -0.4 is 0 Å². The van der Waals surface area contributed by atoms with Crippen molar-refractivity contribution in [1.29, 1.82) is 0 Å². The highest BCUT2D eigenvalue weighted by molar-refractivity contribution is 8.13. The van der Waals surface area contributed by atoms with E-state index in [0.29, 0.717) is 5.65 Å². The van der Waals surface area contributed by atoms with E-state index in [1.165, 1.54) is 10.6 Å². The van der Waals surface area contributed by atoms with Crippen LogP contribution in [-0.2, 0) is 9.05 Å². The summed E-state index contributed by atoms with van der Waals surface area (Å²) in [6, 6.07) is 5.03. The highest BCUT2D eigenvalue weighted by Crippen LogP contribution is 2.25. The minimum Gasteiger partial charge on any atom is -0.288 e. The molecule has 0 atom stereocenters. The third-order valence-electron chi connectivity index (χ3n) is 1.68. The van der Waals surface area contributed by atoms with Crippen molar-refractivity contribution in [2.75, 3.05) is 0 Å². The summed E-state index contributed by atoms with van der Waals surface area (Å²) < 4.78 is 23.6. The number of imidazole rings is 1. The van der Waals surface area contributed by atoms with Crippen molar-refractivity contribution >= 4 is 37.0 Å². The molecule has 0 aromatic carbocycles. The van der Waals surface area contributed by atoms with E-state index < -0.39 is 9.05 Å². The molecule has 0 N–H and O–H groups in total. The van der Waals surface area contributed by atoms with Gasteiger partial charge in [0, 0.05) is 16.9 Å². The normalized spacial score (nSPS) is 12.1. The molecule has 0 radical (unpaired) electrons. The Morgan fingerprint density at radius 1 is 1.36 bits per heavy atom. The Morgan fingerprint density at radius 2 is 2.07 bits per heavy atom. The summed E-state index contributed by atoms with van der Waals surface area (Å²) in [5, 5.41) is -0.317. The number of hydrogen-bond acceptors (Lipinski definition) is 3. The average Bonchev–Trinajstić information content (AvgIpc) is 2.38. The van der Waals surface area contributed by atoms with Crippen molar-refractivity contribution in [3.8, 4) is 0 Å². The Kier molecular flexibility index (Phi) is 2.17. The van der Waals surface area contributed by atoms with Gasteiger partial charge in [-0.2, -0.15) is 0 Å². The molecule has 0 fully saturated rings. The first-order valence-electron chi connectivity index (χ1n) is 3.57. The zero-order valence-corrected chi connectivity index (χ0v) is 9.01. The van der Waals surface area contributed by atoms with Crippen LogP contribution in [0.5, 0.6) is 0 Å². The van der Waals surface area contributed by atoms with E-state index in [0.717, 1.165) is 0 Å². The molecule has 0 spiro atoms. The molecule has 0 amide bonds. The number of halogens is 2. The Balaban J connectivity index is 2.95. The van der Waals surface area contributed by atoms with Crippen LogP contribution >= 0.6 is 22.3 Å². The minimum absolute atomic E-state index is 0.119. The van der Waals surface area contributed by atoms with Crippen LogP contribution in [0.1, 0.15) is 0 Å². The van der Waals surface area contributed by atoms with Gasteiger partial charge in [-0.05, 0) is 12.1 Å². The van der Waals surface area contributed by atoms with E-state index >= 15 is 0 Å². The zero-order valence-electron chi connectivity index (χ0n) is 6.68. The summed E-state index contributed by atoms with van der Waals surface area (Å²) in [6.07, 6.45) is 1.53. The molecule has 2 rings (SSSR count). The Bertz CT molecular complexity index is 591. The van der Waals surface area contributed by atoms with Crippen LogP contribution in [0.4, 0.5) is 0 Å². The molecule has 2 aromatic heterocycles. The lowest BCUT2D eigenvalue weighted by molar-refractivity contribution is 0.605. The number of rotatable bonds is 1. The summed E-state index contributed by atoms with van der Waals surface area (Å²) in [5.41, 5.74) is 0.441. The molecule has 0 saturated carbocycles. The van der Waals surface area contributed by atoms with Gasteiger partial charge in [-0.15, -0.1) is 0 Å². The zero-order chi connectivity index (χ0) is 10.3. The van der Waals surface area contributed by atoms with Crippen LogP contribution in [0, 0.1) is 0 Å². The number of fused-ring (bicyclic) bond motifs is 1. The minimum atomic E-state index is -3.88. The molecule has 4 nitrogen and oxygen atoms in total. The molecule has 2 aromatic rings. The van der Waals surface area contributed by atoms with E-state index in [9.17, 15) is 8.42 Å². The van der Waals surface area contributed by atoms with Gasteiger partial charge in [0.25, 0.3) is 9.05 Å². The van der Waals surface area contributed by atoms with Gasteiger partial charge in [-0.25, -0.2) is 13.4 Å². The Morgan fingerprint density at radius 3 is 2.71 bits per heavy atom. The Labute approximate surface area is 89.5 Å². The smallest absolute Gasteiger partial charge is 0.280 e. The largest absolute Gasteiger partial charge is 0.288 e. The number of nitrogens with zero attached hydrogens (tertiary/aromatic N) is 2. The summed E-state index contributed by atoms with van der Waals surface area (Å²) >= 11 is 5.66. The predicted molar refractivity (Wildman–Crippen MR) is 53.2 cm³/mol. The average molecular weight is 252 g/mol. The number of hydrogen-bond donors (Lipinski definition) is 0. The van der Waals surface area contributed by atoms with Crippen LogP contribution in [0.3, 0.4) is 0 Å². The second kappa shape index (κ2) is 3.12. The maximum absolute atomic E-state index is 11.1. The summed E-state index contributed by atoms with van der Waals surface area (Å²) in [4.78, 5) is 3.84. The van der Waals surface area contributed by atoms with E-state index in [2.05, 4.69) is 4.98 Å². The number of aromatic nitrogens is 2. The summed E-state index contributed by atoms with van der Waals surface area (Å²) in [7, 11) is 1.34. The van der Waals surface area contributed by atoms with Crippen LogP contribution in [0.25, 0.3) is 5.65 Å². The fourth-order valence-electron chi connectivity index (χ4n) is 1.16. The van der Waals surface area contributed by atoms with Gasteiger partial charge < -0.3 is 0 Å². The second-order valence-electron chi connectivity index (χ2n) is 2.57. The maximum Gasteiger partial charge on any atom is 0.280 e.